The number of aliphatic carboxylic acids is 1. The summed E-state index contributed by atoms with van der Waals surface area (Å²) < 4.78 is 0. The molecule has 0 aliphatic heterocycles. The average Bonchev–Trinajstić information content (AvgIpc) is 2.53. The number of benzene rings is 1. The average molecular weight is 332 g/mol. The maximum Gasteiger partial charge on any atom is 0.333 e. The predicted octanol–water partition coefficient (Wildman–Crippen LogP) is 3.50. The van der Waals surface area contributed by atoms with E-state index in [4.69, 9.17) is 16.7 Å². The highest BCUT2D eigenvalue weighted by atomic mass is 35.5. The molecule has 1 aliphatic rings. The molecule has 1 aromatic carbocycles. The zero-order valence-corrected chi connectivity index (χ0v) is 13.4. The fourth-order valence-electron chi connectivity index (χ4n) is 2.41. The van der Waals surface area contributed by atoms with Gasteiger partial charge < -0.3 is 10.4 Å². The van der Waals surface area contributed by atoms with Gasteiger partial charge in [0.1, 0.15) is 0 Å². The maximum absolute atomic E-state index is 11.9. The summed E-state index contributed by atoms with van der Waals surface area (Å²) in [5.74, 6) is 4.70. The first-order valence-corrected chi connectivity index (χ1v) is 7.94. The molecule has 0 saturated heterocycles. The van der Waals surface area contributed by atoms with Gasteiger partial charge in [-0.05, 0) is 37.8 Å². The summed E-state index contributed by atoms with van der Waals surface area (Å²) in [5, 5.41) is 12.5. The van der Waals surface area contributed by atoms with Gasteiger partial charge in [0, 0.05) is 24.1 Å². The van der Waals surface area contributed by atoms with E-state index < -0.39 is 5.97 Å². The normalized spacial score (nSPS) is 14.0. The Morgan fingerprint density at radius 3 is 2.70 bits per heavy atom. The third-order valence-corrected chi connectivity index (χ3v) is 3.92. The fourth-order valence-corrected chi connectivity index (χ4v) is 2.59. The van der Waals surface area contributed by atoms with Crippen LogP contribution in [0.15, 0.2) is 35.5 Å². The standard InChI is InChI=1S/C18H18ClNO3/c19-15-10-4-1-7-13(15)8-2-6-12-17(21)20-16-11-5-3-9-14(16)18(22)23/h1,4,7,10H,3,5-6,9,11-12H2,(H,20,21)(H,22,23). The van der Waals surface area contributed by atoms with E-state index in [1.165, 1.54) is 0 Å². The zero-order valence-electron chi connectivity index (χ0n) is 12.7. The molecule has 0 bridgehead atoms. The third kappa shape index (κ3) is 5.15. The van der Waals surface area contributed by atoms with Crippen molar-refractivity contribution in [2.45, 2.75) is 38.5 Å². The van der Waals surface area contributed by atoms with Crippen molar-refractivity contribution >= 4 is 23.5 Å². The molecular weight excluding hydrogens is 314 g/mol. The highest BCUT2D eigenvalue weighted by Crippen LogP contribution is 2.23. The predicted molar refractivity (Wildman–Crippen MR) is 88.8 cm³/mol. The Balaban J connectivity index is 1.89. The van der Waals surface area contributed by atoms with Gasteiger partial charge in [-0.3, -0.25) is 4.79 Å². The molecule has 0 spiro atoms. The number of carbonyl (C=O) groups is 2. The summed E-state index contributed by atoms with van der Waals surface area (Å²) in [6, 6.07) is 7.27. The lowest BCUT2D eigenvalue weighted by molar-refractivity contribution is -0.133. The number of halogens is 1. The molecule has 2 N–H and O–H groups in total. The number of rotatable bonds is 4. The van der Waals surface area contributed by atoms with E-state index >= 15 is 0 Å². The van der Waals surface area contributed by atoms with E-state index in [1.54, 1.807) is 6.07 Å². The summed E-state index contributed by atoms with van der Waals surface area (Å²) >= 11 is 6.00. The molecule has 0 atom stereocenters. The Hall–Kier alpha value is -2.25. The largest absolute Gasteiger partial charge is 0.478 e. The minimum absolute atomic E-state index is 0.200. The van der Waals surface area contributed by atoms with Crippen LogP contribution < -0.4 is 5.32 Å². The Morgan fingerprint density at radius 2 is 1.96 bits per heavy atom. The molecule has 0 heterocycles. The first kappa shape index (κ1) is 17.1. The molecular formula is C18H18ClNO3. The van der Waals surface area contributed by atoms with E-state index in [1.807, 2.05) is 18.2 Å². The molecule has 0 unspecified atom stereocenters. The first-order chi connectivity index (χ1) is 11.1. The number of hydrogen-bond acceptors (Lipinski definition) is 2. The van der Waals surface area contributed by atoms with Crippen LogP contribution >= 0.6 is 11.6 Å². The zero-order chi connectivity index (χ0) is 16.7. The van der Waals surface area contributed by atoms with Gasteiger partial charge in [0.2, 0.25) is 5.91 Å². The molecule has 2 rings (SSSR count). The van der Waals surface area contributed by atoms with Gasteiger partial charge in [-0.25, -0.2) is 4.79 Å². The van der Waals surface area contributed by atoms with Crippen LogP contribution in [-0.4, -0.2) is 17.0 Å². The summed E-state index contributed by atoms with van der Waals surface area (Å²) in [6.07, 6.45) is 3.50. The molecule has 0 fully saturated rings. The second-order valence-corrected chi connectivity index (χ2v) is 5.71. The number of amides is 1. The van der Waals surface area contributed by atoms with Crippen LogP contribution in [0.2, 0.25) is 5.02 Å². The second kappa shape index (κ2) is 8.40. The summed E-state index contributed by atoms with van der Waals surface area (Å²) in [4.78, 5) is 23.1. The van der Waals surface area contributed by atoms with Crippen LogP contribution in [0.3, 0.4) is 0 Å². The monoisotopic (exact) mass is 331 g/mol. The summed E-state index contributed by atoms with van der Waals surface area (Å²) in [6.45, 7) is 0. The quantitative estimate of drug-likeness (QED) is 0.830. The molecule has 5 heteroatoms. The topological polar surface area (TPSA) is 66.4 Å². The van der Waals surface area contributed by atoms with Gasteiger partial charge in [-0.2, -0.15) is 0 Å². The van der Waals surface area contributed by atoms with Gasteiger partial charge in [-0.1, -0.05) is 35.6 Å². The Kier molecular flexibility index (Phi) is 6.25. The number of nitrogens with one attached hydrogen (secondary N) is 1. The minimum atomic E-state index is -0.946. The van der Waals surface area contributed by atoms with Crippen LogP contribution in [-0.2, 0) is 9.59 Å². The van der Waals surface area contributed by atoms with Crippen molar-refractivity contribution in [3.8, 4) is 11.8 Å². The van der Waals surface area contributed by atoms with E-state index in [0.717, 1.165) is 18.4 Å². The van der Waals surface area contributed by atoms with E-state index in [-0.39, 0.29) is 12.3 Å². The van der Waals surface area contributed by atoms with Crippen LogP contribution in [0.4, 0.5) is 0 Å². The molecule has 0 radical (unpaired) electrons. The molecule has 1 aromatic rings. The van der Waals surface area contributed by atoms with Crippen molar-refractivity contribution in [3.05, 3.63) is 46.1 Å². The molecule has 0 aromatic heterocycles. The highest BCUT2D eigenvalue weighted by Gasteiger charge is 2.19. The fraction of sp³-hybridized carbons (Fsp3) is 0.333. The molecule has 120 valence electrons. The number of carboxylic acids is 1. The lowest BCUT2D eigenvalue weighted by Gasteiger charge is -2.18. The number of carboxylic acid groups (broad SMARTS) is 1. The van der Waals surface area contributed by atoms with Crippen LogP contribution in [0, 0.1) is 11.8 Å². The van der Waals surface area contributed by atoms with Crippen molar-refractivity contribution in [2.75, 3.05) is 0 Å². The SMILES string of the molecule is O=C(CCC#Cc1ccccc1Cl)NC1=C(C(=O)O)CCCC1. The lowest BCUT2D eigenvalue weighted by atomic mass is 9.96. The molecule has 1 amide bonds. The van der Waals surface area contributed by atoms with Gasteiger partial charge in [0.05, 0.1) is 10.6 Å². The smallest absolute Gasteiger partial charge is 0.333 e. The molecule has 23 heavy (non-hydrogen) atoms. The molecule has 1 aliphatic carbocycles. The Morgan fingerprint density at radius 1 is 1.22 bits per heavy atom. The summed E-state index contributed by atoms with van der Waals surface area (Å²) in [7, 11) is 0. The van der Waals surface area contributed by atoms with Gasteiger partial charge in [0.25, 0.3) is 0 Å². The van der Waals surface area contributed by atoms with E-state index in [0.29, 0.717) is 35.6 Å². The molecule has 0 saturated carbocycles. The second-order valence-electron chi connectivity index (χ2n) is 5.30. The summed E-state index contributed by atoms with van der Waals surface area (Å²) in [5.41, 5.74) is 1.61. The van der Waals surface area contributed by atoms with Crippen molar-refractivity contribution in [1.82, 2.24) is 5.32 Å². The van der Waals surface area contributed by atoms with Gasteiger partial charge >= 0.3 is 5.97 Å². The van der Waals surface area contributed by atoms with E-state index in [9.17, 15) is 9.59 Å². The number of hydrogen-bond donors (Lipinski definition) is 2. The first-order valence-electron chi connectivity index (χ1n) is 7.56. The number of allylic oxidation sites excluding steroid dienone is 1. The Labute approximate surface area is 140 Å². The van der Waals surface area contributed by atoms with Crippen molar-refractivity contribution in [1.29, 1.82) is 0 Å². The van der Waals surface area contributed by atoms with Gasteiger partial charge in [0.15, 0.2) is 0 Å². The Bertz CT molecular complexity index is 698. The lowest BCUT2D eigenvalue weighted by Crippen LogP contribution is -2.26. The van der Waals surface area contributed by atoms with Crippen LogP contribution in [0.25, 0.3) is 0 Å². The van der Waals surface area contributed by atoms with Crippen molar-refractivity contribution < 1.29 is 14.7 Å². The van der Waals surface area contributed by atoms with E-state index in [2.05, 4.69) is 17.2 Å². The third-order valence-electron chi connectivity index (χ3n) is 3.59. The maximum atomic E-state index is 11.9. The van der Waals surface area contributed by atoms with Gasteiger partial charge in [-0.15, -0.1) is 0 Å². The van der Waals surface area contributed by atoms with Crippen LogP contribution in [0.5, 0.6) is 0 Å². The van der Waals surface area contributed by atoms with Crippen molar-refractivity contribution in [3.63, 3.8) is 0 Å². The van der Waals surface area contributed by atoms with Crippen LogP contribution in [0.1, 0.15) is 44.1 Å². The molecule has 4 nitrogen and oxygen atoms in total. The van der Waals surface area contributed by atoms with Crippen molar-refractivity contribution in [2.24, 2.45) is 0 Å². The number of carbonyl (C=O) groups excluding carboxylic acids is 1. The highest BCUT2D eigenvalue weighted by molar-refractivity contribution is 6.31. The minimum Gasteiger partial charge on any atom is -0.478 e.